The molecule has 2 N–H and O–H groups in total. The van der Waals surface area contributed by atoms with Crippen LogP contribution in [0.15, 0.2) is 34.5 Å². The molecule has 2 rings (SSSR count). The minimum atomic E-state index is -3.47. The van der Waals surface area contributed by atoms with Crippen LogP contribution in [0.5, 0.6) is 0 Å². The van der Waals surface area contributed by atoms with Gasteiger partial charge in [0.25, 0.3) is 0 Å². The summed E-state index contributed by atoms with van der Waals surface area (Å²) < 4.78 is 23.0. The van der Waals surface area contributed by atoms with E-state index in [1.54, 1.807) is 0 Å². The molecule has 0 unspecified atom stereocenters. The third kappa shape index (κ3) is 4.50. The Labute approximate surface area is 137 Å². The number of benzene rings is 1. The molecule has 0 amide bonds. The summed E-state index contributed by atoms with van der Waals surface area (Å²) >= 11 is 0.862. The topological polar surface area (TPSA) is 110 Å². The number of hydrogen-bond donors (Lipinski definition) is 2. The van der Waals surface area contributed by atoms with E-state index in [1.807, 2.05) is 24.3 Å². The molecule has 2 aromatic rings. The molecule has 0 fully saturated rings. The summed E-state index contributed by atoms with van der Waals surface area (Å²) in [5.74, 6) is 0. The van der Waals surface area contributed by atoms with Crippen molar-refractivity contribution in [3.05, 3.63) is 51.6 Å². The van der Waals surface area contributed by atoms with Gasteiger partial charge in [-0.15, -0.1) is 0 Å². The fourth-order valence-corrected chi connectivity index (χ4v) is 3.90. The van der Waals surface area contributed by atoms with E-state index in [0.29, 0.717) is 13.0 Å². The van der Waals surface area contributed by atoms with Crippen LogP contribution in [0.25, 0.3) is 0 Å². The first kappa shape index (κ1) is 17.4. The van der Waals surface area contributed by atoms with E-state index in [4.69, 9.17) is 5.11 Å². The average molecular weight is 356 g/mol. The maximum Gasteiger partial charge on any atom is 0.304 e. The molecule has 1 aromatic heterocycles. The number of nitrogens with zero attached hydrogens (tertiary/aromatic N) is 1. The van der Waals surface area contributed by atoms with E-state index in [0.717, 1.165) is 34.8 Å². The third-order valence-corrected chi connectivity index (χ3v) is 6.04. The largest absolute Gasteiger partial charge is 0.392 e. The molecule has 0 atom stereocenters. The predicted octanol–water partition coefficient (Wildman–Crippen LogP) is 2.21. The molecule has 9 heteroatoms. The summed E-state index contributed by atoms with van der Waals surface area (Å²) in [5.41, 5.74) is 1.59. The van der Waals surface area contributed by atoms with Crippen LogP contribution in [-0.4, -0.2) is 31.2 Å². The Kier molecular flexibility index (Phi) is 5.34. The first-order valence-corrected chi connectivity index (χ1v) is 9.43. The standard InChI is InChI=1S/C14H16N2O5S2/c1-23(20,21)13-8-12(16(18)19)14(22-13)15-7-6-10-2-4-11(9-17)5-3-10/h2-5,8,15,17H,6-7,9H2,1H3. The van der Waals surface area contributed by atoms with Crippen molar-refractivity contribution >= 4 is 31.9 Å². The van der Waals surface area contributed by atoms with E-state index in [-0.39, 0.29) is 21.5 Å². The molecule has 7 nitrogen and oxygen atoms in total. The molecular formula is C14H16N2O5S2. The highest BCUT2D eigenvalue weighted by Gasteiger charge is 2.23. The van der Waals surface area contributed by atoms with Crippen LogP contribution in [-0.2, 0) is 22.9 Å². The zero-order valence-corrected chi connectivity index (χ0v) is 14.0. The van der Waals surface area contributed by atoms with Gasteiger partial charge in [0.05, 0.1) is 11.5 Å². The fourth-order valence-electron chi connectivity index (χ4n) is 1.94. The second-order valence-electron chi connectivity index (χ2n) is 4.96. The first-order valence-electron chi connectivity index (χ1n) is 6.72. The Bertz CT molecular complexity index is 797. The summed E-state index contributed by atoms with van der Waals surface area (Å²) in [4.78, 5) is 10.4. The lowest BCUT2D eigenvalue weighted by Crippen LogP contribution is -2.05. The van der Waals surface area contributed by atoms with Crippen molar-refractivity contribution in [3.63, 3.8) is 0 Å². The fraction of sp³-hybridized carbons (Fsp3) is 0.286. The predicted molar refractivity (Wildman–Crippen MR) is 88.6 cm³/mol. The molecule has 0 saturated heterocycles. The van der Waals surface area contributed by atoms with Gasteiger partial charge in [0.1, 0.15) is 4.21 Å². The quantitative estimate of drug-likeness (QED) is 0.581. The van der Waals surface area contributed by atoms with E-state index >= 15 is 0 Å². The van der Waals surface area contributed by atoms with Crippen LogP contribution < -0.4 is 5.32 Å². The Balaban J connectivity index is 2.07. The summed E-state index contributed by atoms with van der Waals surface area (Å²) in [6.45, 7) is 0.414. The number of aliphatic hydroxyl groups excluding tert-OH is 1. The van der Waals surface area contributed by atoms with Crippen LogP contribution >= 0.6 is 11.3 Å². The van der Waals surface area contributed by atoms with Gasteiger partial charge in [0, 0.05) is 18.9 Å². The highest BCUT2D eigenvalue weighted by Crippen LogP contribution is 2.36. The van der Waals surface area contributed by atoms with Gasteiger partial charge in [0.15, 0.2) is 14.8 Å². The van der Waals surface area contributed by atoms with Crippen molar-refractivity contribution in [2.24, 2.45) is 0 Å². The number of nitrogens with one attached hydrogen (secondary N) is 1. The van der Waals surface area contributed by atoms with Crippen molar-refractivity contribution in [3.8, 4) is 0 Å². The molecule has 23 heavy (non-hydrogen) atoms. The van der Waals surface area contributed by atoms with Gasteiger partial charge in [-0.3, -0.25) is 10.1 Å². The molecule has 0 aliphatic carbocycles. The van der Waals surface area contributed by atoms with Crippen LogP contribution in [0, 0.1) is 10.1 Å². The zero-order valence-electron chi connectivity index (χ0n) is 12.4. The minimum Gasteiger partial charge on any atom is -0.392 e. The van der Waals surface area contributed by atoms with Crippen molar-refractivity contribution in [1.29, 1.82) is 0 Å². The van der Waals surface area contributed by atoms with Crippen LogP contribution in [0.3, 0.4) is 0 Å². The molecule has 0 radical (unpaired) electrons. The van der Waals surface area contributed by atoms with Crippen LogP contribution in [0.4, 0.5) is 10.7 Å². The Morgan fingerprint density at radius 1 is 1.26 bits per heavy atom. The van der Waals surface area contributed by atoms with Gasteiger partial charge in [-0.1, -0.05) is 35.6 Å². The summed E-state index contributed by atoms with van der Waals surface area (Å²) in [6.07, 6.45) is 1.64. The molecule has 0 bridgehead atoms. The Morgan fingerprint density at radius 2 is 1.87 bits per heavy atom. The number of hydrogen-bond acceptors (Lipinski definition) is 7. The number of thiophene rings is 1. The zero-order chi connectivity index (χ0) is 17.0. The van der Waals surface area contributed by atoms with Crippen molar-refractivity contribution < 1.29 is 18.4 Å². The SMILES string of the molecule is CS(=O)(=O)c1cc([N+](=O)[O-])c(NCCc2ccc(CO)cc2)s1. The average Bonchev–Trinajstić information content (AvgIpc) is 2.92. The lowest BCUT2D eigenvalue weighted by atomic mass is 10.1. The van der Waals surface area contributed by atoms with E-state index in [1.165, 1.54) is 0 Å². The number of sulfone groups is 1. The van der Waals surface area contributed by atoms with Gasteiger partial charge >= 0.3 is 5.69 Å². The molecule has 124 valence electrons. The maximum absolute atomic E-state index is 11.5. The van der Waals surface area contributed by atoms with Crippen molar-refractivity contribution in [2.45, 2.75) is 17.2 Å². The highest BCUT2D eigenvalue weighted by molar-refractivity contribution is 7.92. The van der Waals surface area contributed by atoms with Crippen LogP contribution in [0.1, 0.15) is 11.1 Å². The van der Waals surface area contributed by atoms with Crippen molar-refractivity contribution in [1.82, 2.24) is 0 Å². The first-order chi connectivity index (χ1) is 10.8. The lowest BCUT2D eigenvalue weighted by Gasteiger charge is -2.05. The Hall–Kier alpha value is -1.97. The monoisotopic (exact) mass is 356 g/mol. The molecule has 0 aliphatic heterocycles. The molecule has 0 saturated carbocycles. The molecular weight excluding hydrogens is 340 g/mol. The van der Waals surface area contributed by atoms with Crippen LogP contribution in [0.2, 0.25) is 0 Å². The lowest BCUT2D eigenvalue weighted by molar-refractivity contribution is -0.383. The number of aliphatic hydroxyl groups is 1. The third-order valence-electron chi connectivity index (χ3n) is 3.16. The number of rotatable bonds is 7. The van der Waals surface area contributed by atoms with Crippen molar-refractivity contribution in [2.75, 3.05) is 18.1 Å². The molecule has 1 heterocycles. The molecule has 0 aliphatic rings. The normalized spacial score (nSPS) is 11.4. The van der Waals surface area contributed by atoms with Gasteiger partial charge in [-0.05, 0) is 17.5 Å². The second kappa shape index (κ2) is 7.07. The summed E-state index contributed by atoms with van der Waals surface area (Å²) in [7, 11) is -3.47. The molecule has 1 aromatic carbocycles. The van der Waals surface area contributed by atoms with Gasteiger partial charge < -0.3 is 10.4 Å². The Morgan fingerprint density at radius 3 is 2.39 bits per heavy atom. The van der Waals surface area contributed by atoms with Gasteiger partial charge in [-0.2, -0.15) is 0 Å². The minimum absolute atomic E-state index is 0.0197. The summed E-state index contributed by atoms with van der Waals surface area (Å²) in [5, 5.41) is 23.2. The number of nitro groups is 1. The molecule has 0 spiro atoms. The van der Waals surface area contributed by atoms with E-state index in [9.17, 15) is 18.5 Å². The van der Waals surface area contributed by atoms with E-state index in [2.05, 4.69) is 5.32 Å². The smallest absolute Gasteiger partial charge is 0.304 e. The van der Waals surface area contributed by atoms with Gasteiger partial charge in [0.2, 0.25) is 0 Å². The maximum atomic E-state index is 11.5. The van der Waals surface area contributed by atoms with Gasteiger partial charge in [-0.25, -0.2) is 8.42 Å². The van der Waals surface area contributed by atoms with E-state index < -0.39 is 14.8 Å². The number of anilines is 1. The second-order valence-corrected chi connectivity index (χ2v) is 8.26. The highest BCUT2D eigenvalue weighted by atomic mass is 32.2. The summed E-state index contributed by atoms with van der Waals surface area (Å²) in [6, 6.07) is 8.45.